The summed E-state index contributed by atoms with van der Waals surface area (Å²) in [5.41, 5.74) is 3.52. The molecule has 7 heteroatoms. The fourth-order valence-corrected chi connectivity index (χ4v) is 4.29. The molecule has 2 aromatic carbocycles. The van der Waals surface area contributed by atoms with Crippen LogP contribution >= 0.6 is 31.9 Å². The zero-order valence-electron chi connectivity index (χ0n) is 17.5. The summed E-state index contributed by atoms with van der Waals surface area (Å²) in [6.45, 7) is 0.364. The number of carbonyl (C=O) groups is 1. The van der Waals surface area contributed by atoms with Gasteiger partial charge in [-0.25, -0.2) is 0 Å². The number of ether oxygens (including phenoxy) is 4. The fourth-order valence-electron chi connectivity index (χ4n) is 3.27. The monoisotopic (exact) mass is 550 g/mol. The minimum atomic E-state index is 0.0953. The van der Waals surface area contributed by atoms with Crippen molar-refractivity contribution in [1.29, 1.82) is 0 Å². The van der Waals surface area contributed by atoms with Gasteiger partial charge in [0.05, 0.1) is 8.95 Å². The summed E-state index contributed by atoms with van der Waals surface area (Å²) in [6, 6.07) is 11.5. The van der Waals surface area contributed by atoms with Crippen LogP contribution in [0.5, 0.6) is 11.5 Å². The molecule has 0 aromatic heterocycles. The molecule has 0 unspecified atom stereocenters. The van der Waals surface area contributed by atoms with E-state index >= 15 is 0 Å². The lowest BCUT2D eigenvalue weighted by atomic mass is 9.87. The molecule has 1 aliphatic carbocycles. The van der Waals surface area contributed by atoms with Crippen molar-refractivity contribution in [2.75, 3.05) is 27.8 Å². The first-order chi connectivity index (χ1) is 15.0. The van der Waals surface area contributed by atoms with E-state index in [-0.39, 0.29) is 19.4 Å². The van der Waals surface area contributed by atoms with Gasteiger partial charge in [-0.2, -0.15) is 0 Å². The van der Waals surface area contributed by atoms with E-state index in [0.29, 0.717) is 11.5 Å². The van der Waals surface area contributed by atoms with Gasteiger partial charge in [0.25, 0.3) is 0 Å². The highest BCUT2D eigenvalue weighted by molar-refractivity contribution is 9.10. The lowest BCUT2D eigenvalue weighted by Crippen LogP contribution is -2.12. The van der Waals surface area contributed by atoms with Gasteiger partial charge in [0.2, 0.25) is 0 Å². The molecule has 5 nitrogen and oxygen atoms in total. The third-order valence-electron chi connectivity index (χ3n) is 4.73. The van der Waals surface area contributed by atoms with Crippen LogP contribution in [0.4, 0.5) is 0 Å². The van der Waals surface area contributed by atoms with Crippen molar-refractivity contribution in [3.63, 3.8) is 0 Å². The Kier molecular flexibility index (Phi) is 8.90. The van der Waals surface area contributed by atoms with Crippen LogP contribution in [0.25, 0.3) is 12.2 Å². The van der Waals surface area contributed by atoms with E-state index in [1.165, 1.54) is 0 Å². The standard InChI is InChI=1S/C24H24Br2O5/c1-28-14-30-22-8-6-16(12-20(22)25)10-18-4-3-5-19(24(18)27)11-17-7-9-23(21(26)13-17)31-15-29-2/h6-13H,3-5,14-15H2,1-2H3/b18-10+,19-11+. The number of Topliss-reactive ketones (excluding diaryl/α,β-unsaturated/α-hetero) is 1. The van der Waals surface area contributed by atoms with Gasteiger partial charge in [-0.3, -0.25) is 4.79 Å². The van der Waals surface area contributed by atoms with Crippen LogP contribution in [-0.4, -0.2) is 33.6 Å². The predicted molar refractivity (Wildman–Crippen MR) is 128 cm³/mol. The largest absolute Gasteiger partial charge is 0.466 e. The summed E-state index contributed by atoms with van der Waals surface area (Å²) in [5.74, 6) is 1.49. The first kappa shape index (κ1) is 23.7. The molecular formula is C24H24Br2O5. The first-order valence-electron chi connectivity index (χ1n) is 9.80. The molecule has 0 amide bonds. The highest BCUT2D eigenvalue weighted by Crippen LogP contribution is 2.32. The summed E-state index contributed by atoms with van der Waals surface area (Å²) in [6.07, 6.45) is 6.39. The molecule has 164 valence electrons. The van der Waals surface area contributed by atoms with Crippen LogP contribution in [-0.2, 0) is 14.3 Å². The van der Waals surface area contributed by atoms with Crippen LogP contribution in [0, 0.1) is 0 Å². The number of halogens is 2. The van der Waals surface area contributed by atoms with Crippen LogP contribution in [0.15, 0.2) is 56.5 Å². The third kappa shape index (κ3) is 6.53. The van der Waals surface area contributed by atoms with E-state index in [2.05, 4.69) is 31.9 Å². The van der Waals surface area contributed by atoms with Crippen molar-refractivity contribution in [2.45, 2.75) is 19.3 Å². The lowest BCUT2D eigenvalue weighted by Gasteiger charge is -2.17. The van der Waals surface area contributed by atoms with Crippen molar-refractivity contribution in [3.8, 4) is 11.5 Å². The maximum absolute atomic E-state index is 13.1. The molecule has 0 spiro atoms. The van der Waals surface area contributed by atoms with Gasteiger partial charge in [-0.1, -0.05) is 12.1 Å². The second-order valence-corrected chi connectivity index (χ2v) is 8.71. The Balaban J connectivity index is 1.78. The van der Waals surface area contributed by atoms with Gasteiger partial charge < -0.3 is 18.9 Å². The van der Waals surface area contributed by atoms with E-state index in [4.69, 9.17) is 18.9 Å². The van der Waals surface area contributed by atoms with Crippen LogP contribution in [0.3, 0.4) is 0 Å². The molecule has 1 saturated carbocycles. The first-order valence-corrected chi connectivity index (χ1v) is 11.4. The predicted octanol–water partition coefficient (Wildman–Crippen LogP) is 6.40. The lowest BCUT2D eigenvalue weighted by molar-refractivity contribution is -0.112. The Hall–Kier alpha value is -1.93. The molecule has 0 radical (unpaired) electrons. The number of benzene rings is 2. The normalized spacial score (nSPS) is 16.7. The van der Waals surface area contributed by atoms with Gasteiger partial charge in [-0.05, 0) is 98.7 Å². The van der Waals surface area contributed by atoms with E-state index in [9.17, 15) is 4.79 Å². The van der Waals surface area contributed by atoms with Crippen molar-refractivity contribution in [1.82, 2.24) is 0 Å². The highest BCUT2D eigenvalue weighted by Gasteiger charge is 2.20. The summed E-state index contributed by atoms with van der Waals surface area (Å²) in [7, 11) is 3.16. The van der Waals surface area contributed by atoms with E-state index < -0.39 is 0 Å². The Labute approximate surface area is 199 Å². The van der Waals surface area contributed by atoms with Crippen molar-refractivity contribution in [3.05, 3.63) is 67.6 Å². The summed E-state index contributed by atoms with van der Waals surface area (Å²) in [5, 5.41) is 0. The average molecular weight is 552 g/mol. The topological polar surface area (TPSA) is 54.0 Å². The quantitative estimate of drug-likeness (QED) is 0.281. The second kappa shape index (κ2) is 11.6. The maximum atomic E-state index is 13.1. The number of ketones is 1. The minimum absolute atomic E-state index is 0.0953. The van der Waals surface area contributed by atoms with Gasteiger partial charge in [0.1, 0.15) is 11.5 Å². The van der Waals surface area contributed by atoms with Gasteiger partial charge >= 0.3 is 0 Å². The molecule has 2 aromatic rings. The maximum Gasteiger partial charge on any atom is 0.188 e. The molecule has 1 fully saturated rings. The van der Waals surface area contributed by atoms with Crippen molar-refractivity contribution in [2.24, 2.45) is 0 Å². The molecule has 1 aliphatic rings. The fraction of sp³-hybridized carbons (Fsp3) is 0.292. The zero-order valence-corrected chi connectivity index (χ0v) is 20.6. The average Bonchev–Trinajstić information content (AvgIpc) is 2.75. The highest BCUT2D eigenvalue weighted by atomic mass is 79.9. The van der Waals surface area contributed by atoms with Gasteiger partial charge in [-0.15, -0.1) is 0 Å². The van der Waals surface area contributed by atoms with Crippen LogP contribution < -0.4 is 9.47 Å². The molecule has 31 heavy (non-hydrogen) atoms. The number of rotatable bonds is 8. The number of allylic oxidation sites excluding steroid dienone is 2. The molecule has 0 saturated heterocycles. The molecule has 3 rings (SSSR count). The summed E-state index contributed by atoms with van der Waals surface area (Å²) >= 11 is 7.03. The molecule has 0 heterocycles. The summed E-state index contributed by atoms with van der Waals surface area (Å²) in [4.78, 5) is 13.1. The Morgan fingerprint density at radius 3 is 1.65 bits per heavy atom. The number of methoxy groups -OCH3 is 2. The second-order valence-electron chi connectivity index (χ2n) is 7.00. The van der Waals surface area contributed by atoms with Crippen LogP contribution in [0.2, 0.25) is 0 Å². The van der Waals surface area contributed by atoms with Gasteiger partial charge in [0.15, 0.2) is 19.4 Å². The van der Waals surface area contributed by atoms with Crippen LogP contribution in [0.1, 0.15) is 30.4 Å². The van der Waals surface area contributed by atoms with E-state index in [1.54, 1.807) is 14.2 Å². The summed E-state index contributed by atoms with van der Waals surface area (Å²) < 4.78 is 22.5. The molecular weight excluding hydrogens is 528 g/mol. The third-order valence-corrected chi connectivity index (χ3v) is 5.97. The Morgan fingerprint density at radius 1 is 0.806 bits per heavy atom. The Bertz CT molecular complexity index is 920. The molecule has 0 atom stereocenters. The number of carbonyl (C=O) groups excluding carboxylic acids is 1. The molecule has 0 N–H and O–H groups in total. The zero-order chi connectivity index (χ0) is 22.2. The van der Waals surface area contributed by atoms with Crippen molar-refractivity contribution < 1.29 is 23.7 Å². The number of hydrogen-bond acceptors (Lipinski definition) is 5. The smallest absolute Gasteiger partial charge is 0.188 e. The molecule has 0 bridgehead atoms. The number of hydrogen-bond donors (Lipinski definition) is 0. The molecule has 0 aliphatic heterocycles. The minimum Gasteiger partial charge on any atom is -0.466 e. The van der Waals surface area contributed by atoms with Gasteiger partial charge in [0, 0.05) is 25.4 Å². The van der Waals surface area contributed by atoms with E-state index in [1.807, 2.05) is 48.6 Å². The Morgan fingerprint density at radius 2 is 1.26 bits per heavy atom. The van der Waals surface area contributed by atoms with E-state index in [0.717, 1.165) is 50.5 Å². The van der Waals surface area contributed by atoms with Crippen molar-refractivity contribution >= 4 is 49.8 Å². The SMILES string of the molecule is COCOc1ccc(/C=C2\CCC/C(=C\c3ccc(OCOC)c(Br)c3)C2=O)cc1Br.